The molecule has 0 atom stereocenters. The third-order valence-electron chi connectivity index (χ3n) is 4.02. The van der Waals surface area contributed by atoms with E-state index in [1.165, 1.54) is 11.3 Å². The summed E-state index contributed by atoms with van der Waals surface area (Å²) in [7, 11) is 3.20. The lowest BCUT2D eigenvalue weighted by molar-refractivity contribution is -0.145. The number of ether oxygens (including phenoxy) is 3. The fourth-order valence-electron chi connectivity index (χ4n) is 2.59. The Balaban J connectivity index is 1.55. The number of benzene rings is 2. The van der Waals surface area contributed by atoms with E-state index >= 15 is 0 Å². The number of methoxy groups -OCH3 is 2. The van der Waals surface area contributed by atoms with Crippen molar-refractivity contribution in [1.82, 2.24) is 4.98 Å². The summed E-state index contributed by atoms with van der Waals surface area (Å²) >= 11 is 1.50. The molecule has 1 heterocycles. The Labute approximate surface area is 162 Å². The second-order valence-electron chi connectivity index (χ2n) is 5.86. The monoisotopic (exact) mass is 383 g/mol. The first kappa shape index (κ1) is 18.9. The van der Waals surface area contributed by atoms with Gasteiger partial charge in [0.05, 0.1) is 19.9 Å². The van der Waals surface area contributed by atoms with Crippen LogP contribution in [0.15, 0.2) is 53.9 Å². The number of aryl methyl sites for hydroxylation is 1. The predicted molar refractivity (Wildman–Crippen MR) is 105 cm³/mol. The average Bonchev–Trinajstić information content (AvgIpc) is 3.20. The highest BCUT2D eigenvalue weighted by atomic mass is 32.1. The van der Waals surface area contributed by atoms with Crippen molar-refractivity contribution in [3.8, 4) is 22.1 Å². The van der Waals surface area contributed by atoms with E-state index in [1.54, 1.807) is 14.2 Å². The van der Waals surface area contributed by atoms with Crippen molar-refractivity contribution in [2.45, 2.75) is 19.4 Å². The van der Waals surface area contributed by atoms with Crippen LogP contribution in [-0.2, 0) is 22.6 Å². The van der Waals surface area contributed by atoms with Crippen LogP contribution in [0.1, 0.15) is 17.7 Å². The summed E-state index contributed by atoms with van der Waals surface area (Å²) in [4.78, 5) is 16.5. The van der Waals surface area contributed by atoms with E-state index in [1.807, 2.05) is 53.9 Å². The van der Waals surface area contributed by atoms with Crippen LogP contribution in [0.4, 0.5) is 0 Å². The molecule has 0 saturated carbocycles. The summed E-state index contributed by atoms with van der Waals surface area (Å²) in [6, 6.07) is 15.5. The van der Waals surface area contributed by atoms with Crippen molar-refractivity contribution in [1.29, 1.82) is 0 Å². The van der Waals surface area contributed by atoms with E-state index in [4.69, 9.17) is 14.2 Å². The van der Waals surface area contributed by atoms with Gasteiger partial charge < -0.3 is 14.2 Å². The summed E-state index contributed by atoms with van der Waals surface area (Å²) < 4.78 is 15.9. The molecule has 5 nitrogen and oxygen atoms in total. The normalized spacial score (nSPS) is 10.4. The molecule has 1 aromatic heterocycles. The molecule has 27 heavy (non-hydrogen) atoms. The molecular weight excluding hydrogens is 362 g/mol. The molecular formula is C21H21NO4S. The zero-order valence-electron chi connectivity index (χ0n) is 15.3. The summed E-state index contributed by atoms with van der Waals surface area (Å²) in [6.07, 6.45) is 1.03. The number of carbonyl (C=O) groups excluding carboxylic acids is 1. The van der Waals surface area contributed by atoms with Crippen molar-refractivity contribution in [2.24, 2.45) is 0 Å². The van der Waals surface area contributed by atoms with Crippen LogP contribution in [0, 0.1) is 0 Å². The van der Waals surface area contributed by atoms with Crippen molar-refractivity contribution < 1.29 is 19.0 Å². The van der Waals surface area contributed by atoms with Gasteiger partial charge >= 0.3 is 5.97 Å². The number of carbonyl (C=O) groups is 1. The maximum atomic E-state index is 11.9. The van der Waals surface area contributed by atoms with Gasteiger partial charge in [0.25, 0.3) is 0 Å². The number of aromatic nitrogens is 1. The third kappa shape index (κ3) is 5.08. The minimum absolute atomic E-state index is 0.178. The Morgan fingerprint density at radius 3 is 2.56 bits per heavy atom. The number of esters is 1. The molecule has 140 valence electrons. The van der Waals surface area contributed by atoms with Gasteiger partial charge in [-0.3, -0.25) is 4.79 Å². The highest BCUT2D eigenvalue weighted by molar-refractivity contribution is 7.13. The van der Waals surface area contributed by atoms with Crippen molar-refractivity contribution in [3.63, 3.8) is 0 Å². The van der Waals surface area contributed by atoms with Crippen LogP contribution in [0.3, 0.4) is 0 Å². The topological polar surface area (TPSA) is 57.7 Å². The first-order valence-corrected chi connectivity index (χ1v) is 9.44. The molecule has 0 amide bonds. The zero-order valence-corrected chi connectivity index (χ0v) is 16.1. The molecule has 0 saturated heterocycles. The number of nitrogens with zero attached hydrogens (tertiary/aromatic N) is 1. The van der Waals surface area contributed by atoms with Gasteiger partial charge in [-0.05, 0) is 30.2 Å². The summed E-state index contributed by atoms with van der Waals surface area (Å²) in [6.45, 7) is 0.178. The molecule has 0 spiro atoms. The van der Waals surface area contributed by atoms with Gasteiger partial charge in [0.15, 0.2) is 11.5 Å². The Morgan fingerprint density at radius 2 is 1.81 bits per heavy atom. The first-order chi connectivity index (χ1) is 13.2. The standard InChI is InChI=1S/C21H21NO4S/c1-24-18-10-9-16(12-19(18)25-2)21-22-17(14-27-21)13-26-20(23)11-8-15-6-4-3-5-7-15/h3-7,9-10,12,14H,8,11,13H2,1-2H3. The van der Waals surface area contributed by atoms with Crippen LogP contribution in [0.2, 0.25) is 0 Å². The minimum atomic E-state index is -0.223. The van der Waals surface area contributed by atoms with Crippen LogP contribution < -0.4 is 9.47 Å². The maximum Gasteiger partial charge on any atom is 0.306 e. The van der Waals surface area contributed by atoms with Crippen molar-refractivity contribution >= 4 is 17.3 Å². The molecule has 0 fully saturated rings. The molecule has 0 N–H and O–H groups in total. The number of thiazole rings is 1. The van der Waals surface area contributed by atoms with Gasteiger partial charge in [0, 0.05) is 17.4 Å². The summed E-state index contributed by atoms with van der Waals surface area (Å²) in [5.41, 5.74) is 2.79. The average molecular weight is 383 g/mol. The Hall–Kier alpha value is -2.86. The molecule has 0 aliphatic rings. The van der Waals surface area contributed by atoms with Gasteiger partial charge in [0.2, 0.25) is 0 Å². The summed E-state index contributed by atoms with van der Waals surface area (Å²) in [5, 5.41) is 2.74. The van der Waals surface area contributed by atoms with E-state index in [-0.39, 0.29) is 12.6 Å². The van der Waals surface area contributed by atoms with Crippen LogP contribution in [0.5, 0.6) is 11.5 Å². The van der Waals surface area contributed by atoms with Gasteiger partial charge in [-0.2, -0.15) is 0 Å². The number of hydrogen-bond donors (Lipinski definition) is 0. The van der Waals surface area contributed by atoms with Crippen molar-refractivity contribution in [3.05, 3.63) is 65.2 Å². The lowest BCUT2D eigenvalue weighted by Crippen LogP contribution is -2.06. The van der Waals surface area contributed by atoms with Crippen molar-refractivity contribution in [2.75, 3.05) is 14.2 Å². The smallest absolute Gasteiger partial charge is 0.306 e. The Morgan fingerprint density at radius 1 is 1.04 bits per heavy atom. The molecule has 0 aliphatic heterocycles. The van der Waals surface area contributed by atoms with Crippen LogP contribution in [0.25, 0.3) is 10.6 Å². The van der Waals surface area contributed by atoms with Gasteiger partial charge in [-0.1, -0.05) is 30.3 Å². The largest absolute Gasteiger partial charge is 0.493 e. The van der Waals surface area contributed by atoms with Crippen LogP contribution >= 0.6 is 11.3 Å². The third-order valence-corrected chi connectivity index (χ3v) is 4.96. The quantitative estimate of drug-likeness (QED) is 0.536. The highest BCUT2D eigenvalue weighted by Crippen LogP contribution is 2.33. The number of hydrogen-bond acceptors (Lipinski definition) is 6. The minimum Gasteiger partial charge on any atom is -0.493 e. The van der Waals surface area contributed by atoms with E-state index in [0.717, 1.165) is 21.8 Å². The van der Waals surface area contributed by atoms with E-state index in [0.29, 0.717) is 24.3 Å². The lowest BCUT2D eigenvalue weighted by atomic mass is 10.1. The molecule has 3 aromatic rings. The second-order valence-corrected chi connectivity index (χ2v) is 6.72. The fraction of sp³-hybridized carbons (Fsp3) is 0.238. The molecule has 0 aliphatic carbocycles. The first-order valence-electron chi connectivity index (χ1n) is 8.56. The fourth-order valence-corrected chi connectivity index (χ4v) is 3.39. The van der Waals surface area contributed by atoms with E-state index in [9.17, 15) is 4.79 Å². The van der Waals surface area contributed by atoms with Crippen LogP contribution in [-0.4, -0.2) is 25.2 Å². The lowest BCUT2D eigenvalue weighted by Gasteiger charge is -2.08. The molecule has 0 bridgehead atoms. The van der Waals surface area contributed by atoms with Gasteiger partial charge in [0.1, 0.15) is 11.6 Å². The Bertz CT molecular complexity index is 892. The molecule has 6 heteroatoms. The Kier molecular flexibility index (Phi) is 6.44. The number of rotatable bonds is 8. The summed E-state index contributed by atoms with van der Waals surface area (Å²) in [5.74, 6) is 1.10. The zero-order chi connectivity index (χ0) is 19.1. The van der Waals surface area contributed by atoms with Gasteiger partial charge in [-0.15, -0.1) is 11.3 Å². The SMILES string of the molecule is COc1ccc(-c2nc(COC(=O)CCc3ccccc3)cs2)cc1OC. The molecule has 0 unspecified atom stereocenters. The highest BCUT2D eigenvalue weighted by Gasteiger charge is 2.11. The molecule has 3 rings (SSSR count). The molecule has 2 aromatic carbocycles. The van der Waals surface area contributed by atoms with E-state index < -0.39 is 0 Å². The maximum absolute atomic E-state index is 11.9. The van der Waals surface area contributed by atoms with E-state index in [2.05, 4.69) is 4.98 Å². The molecule has 0 radical (unpaired) electrons. The predicted octanol–water partition coefficient (Wildman–Crippen LogP) is 4.50. The second kappa shape index (κ2) is 9.19. The van der Waals surface area contributed by atoms with Gasteiger partial charge in [-0.25, -0.2) is 4.98 Å².